The number of hydrogen-bond donors (Lipinski definition) is 1. The molecule has 1 unspecified atom stereocenters. The topological polar surface area (TPSA) is 38.9 Å². The van der Waals surface area contributed by atoms with E-state index >= 15 is 0 Å². The van der Waals surface area contributed by atoms with Gasteiger partial charge in [-0.25, -0.2) is 4.98 Å². The molecule has 0 fully saturated rings. The highest BCUT2D eigenvalue weighted by Crippen LogP contribution is 2.23. The van der Waals surface area contributed by atoms with E-state index in [1.54, 1.807) is 11.3 Å². The molecule has 2 nitrogen and oxygen atoms in total. The van der Waals surface area contributed by atoms with E-state index in [0.717, 1.165) is 11.4 Å². The Kier molecular flexibility index (Phi) is 4.95. The fourth-order valence-corrected chi connectivity index (χ4v) is 3.13. The summed E-state index contributed by atoms with van der Waals surface area (Å²) in [4.78, 5) is 4.66. The minimum atomic E-state index is 0.0300. The molecule has 108 valence electrons. The molecule has 0 aliphatic heterocycles. The average Bonchev–Trinajstić information content (AvgIpc) is 2.87. The third-order valence-electron chi connectivity index (χ3n) is 3.59. The van der Waals surface area contributed by atoms with Gasteiger partial charge in [-0.05, 0) is 23.0 Å². The molecule has 20 heavy (non-hydrogen) atoms. The third kappa shape index (κ3) is 3.68. The molecule has 0 amide bonds. The van der Waals surface area contributed by atoms with Crippen LogP contribution in [0.5, 0.6) is 0 Å². The first-order valence-corrected chi connectivity index (χ1v) is 8.15. The Labute approximate surface area is 126 Å². The molecular formula is C17H24N2S. The summed E-state index contributed by atoms with van der Waals surface area (Å²) in [6.07, 6.45) is 0.818. The van der Waals surface area contributed by atoms with Crippen molar-refractivity contribution in [1.29, 1.82) is 0 Å². The maximum absolute atomic E-state index is 6.31. The predicted molar refractivity (Wildman–Crippen MR) is 87.4 cm³/mol. The highest BCUT2D eigenvalue weighted by Gasteiger charge is 2.12. The zero-order chi connectivity index (χ0) is 14.7. The van der Waals surface area contributed by atoms with Crippen LogP contribution in [0.3, 0.4) is 0 Å². The second-order valence-electron chi connectivity index (χ2n) is 5.95. The van der Waals surface area contributed by atoms with Gasteiger partial charge >= 0.3 is 0 Å². The molecule has 1 aromatic carbocycles. The summed E-state index contributed by atoms with van der Waals surface area (Å²) in [5.41, 5.74) is 10.0. The molecule has 0 aliphatic rings. The summed E-state index contributed by atoms with van der Waals surface area (Å²) in [7, 11) is 0. The van der Waals surface area contributed by atoms with Crippen molar-refractivity contribution in [1.82, 2.24) is 4.98 Å². The number of aromatic nitrogens is 1. The van der Waals surface area contributed by atoms with Crippen LogP contribution in [0.2, 0.25) is 0 Å². The van der Waals surface area contributed by atoms with Crippen molar-refractivity contribution in [2.75, 3.05) is 0 Å². The van der Waals surface area contributed by atoms with Crippen molar-refractivity contribution in [2.24, 2.45) is 5.73 Å². The quantitative estimate of drug-likeness (QED) is 0.871. The molecule has 0 saturated carbocycles. The van der Waals surface area contributed by atoms with Gasteiger partial charge in [0.15, 0.2) is 0 Å². The van der Waals surface area contributed by atoms with Crippen LogP contribution in [0.15, 0.2) is 29.6 Å². The van der Waals surface area contributed by atoms with Gasteiger partial charge in [0.05, 0.1) is 10.7 Å². The zero-order valence-corrected chi connectivity index (χ0v) is 13.6. The van der Waals surface area contributed by atoms with E-state index in [1.807, 2.05) is 0 Å². The summed E-state index contributed by atoms with van der Waals surface area (Å²) in [6.45, 7) is 8.75. The molecule has 0 aliphatic carbocycles. The molecule has 0 saturated heterocycles. The normalized spacial score (nSPS) is 13.2. The van der Waals surface area contributed by atoms with Crippen LogP contribution < -0.4 is 5.73 Å². The van der Waals surface area contributed by atoms with Gasteiger partial charge in [-0.1, -0.05) is 52.0 Å². The second kappa shape index (κ2) is 6.51. The largest absolute Gasteiger partial charge is 0.324 e. The summed E-state index contributed by atoms with van der Waals surface area (Å²) in [5, 5.41) is 3.28. The van der Waals surface area contributed by atoms with Crippen LogP contribution in [-0.2, 0) is 6.42 Å². The molecule has 0 bridgehead atoms. The minimum absolute atomic E-state index is 0.0300. The van der Waals surface area contributed by atoms with Crippen LogP contribution >= 0.6 is 11.3 Å². The van der Waals surface area contributed by atoms with E-state index in [4.69, 9.17) is 5.73 Å². The summed E-state index contributed by atoms with van der Waals surface area (Å²) in [6, 6.07) is 8.69. The first-order valence-electron chi connectivity index (χ1n) is 7.27. The number of rotatable bonds is 5. The van der Waals surface area contributed by atoms with Crippen molar-refractivity contribution >= 4 is 11.3 Å². The number of benzene rings is 1. The molecule has 0 spiro atoms. The fourth-order valence-electron chi connectivity index (χ4n) is 2.12. The van der Waals surface area contributed by atoms with Crippen LogP contribution in [0.1, 0.15) is 67.4 Å². The van der Waals surface area contributed by atoms with Gasteiger partial charge in [0, 0.05) is 17.8 Å². The molecule has 1 aromatic heterocycles. The van der Waals surface area contributed by atoms with Crippen LogP contribution in [0, 0.1) is 0 Å². The van der Waals surface area contributed by atoms with E-state index in [0.29, 0.717) is 11.8 Å². The molecule has 3 heteroatoms. The fraction of sp³-hybridized carbons (Fsp3) is 0.471. The SMILES string of the molecule is CC(C)c1ccc(C(N)Cc2nc(C(C)C)cs2)cc1. The van der Waals surface area contributed by atoms with Crippen LogP contribution in [0.25, 0.3) is 0 Å². The average molecular weight is 288 g/mol. The highest BCUT2D eigenvalue weighted by atomic mass is 32.1. The number of thiazole rings is 1. The molecule has 1 atom stereocenters. The van der Waals surface area contributed by atoms with Gasteiger partial charge in [-0.3, -0.25) is 0 Å². The van der Waals surface area contributed by atoms with Gasteiger partial charge in [0.25, 0.3) is 0 Å². The van der Waals surface area contributed by atoms with Gasteiger partial charge in [0.1, 0.15) is 0 Å². The van der Waals surface area contributed by atoms with Gasteiger partial charge < -0.3 is 5.73 Å². The Balaban J connectivity index is 2.05. The molecule has 2 aromatic rings. The summed E-state index contributed by atoms with van der Waals surface area (Å²) >= 11 is 1.72. The maximum atomic E-state index is 6.31. The Morgan fingerprint density at radius 3 is 2.10 bits per heavy atom. The highest BCUT2D eigenvalue weighted by molar-refractivity contribution is 7.09. The van der Waals surface area contributed by atoms with Crippen LogP contribution in [0.4, 0.5) is 0 Å². The lowest BCUT2D eigenvalue weighted by atomic mass is 9.98. The van der Waals surface area contributed by atoms with E-state index in [9.17, 15) is 0 Å². The Morgan fingerprint density at radius 2 is 1.60 bits per heavy atom. The van der Waals surface area contributed by atoms with Crippen LogP contribution in [-0.4, -0.2) is 4.98 Å². The maximum Gasteiger partial charge on any atom is 0.0947 e. The third-order valence-corrected chi connectivity index (χ3v) is 4.48. The second-order valence-corrected chi connectivity index (χ2v) is 6.90. The van der Waals surface area contributed by atoms with E-state index in [2.05, 4.69) is 62.3 Å². The van der Waals surface area contributed by atoms with Crippen molar-refractivity contribution in [3.63, 3.8) is 0 Å². The van der Waals surface area contributed by atoms with Gasteiger partial charge in [-0.15, -0.1) is 11.3 Å². The Hall–Kier alpha value is -1.19. The summed E-state index contributed by atoms with van der Waals surface area (Å²) < 4.78 is 0. The first kappa shape index (κ1) is 15.2. The van der Waals surface area contributed by atoms with Crippen molar-refractivity contribution in [3.8, 4) is 0 Å². The number of hydrogen-bond acceptors (Lipinski definition) is 3. The minimum Gasteiger partial charge on any atom is -0.324 e. The molecule has 2 rings (SSSR count). The zero-order valence-electron chi connectivity index (χ0n) is 12.8. The molecule has 1 heterocycles. The van der Waals surface area contributed by atoms with E-state index in [1.165, 1.54) is 16.8 Å². The Morgan fingerprint density at radius 1 is 1.00 bits per heavy atom. The molecule has 2 N–H and O–H groups in total. The lowest BCUT2D eigenvalue weighted by Crippen LogP contribution is -2.13. The van der Waals surface area contributed by atoms with Crippen molar-refractivity contribution < 1.29 is 0 Å². The monoisotopic (exact) mass is 288 g/mol. The predicted octanol–water partition coefficient (Wildman–Crippen LogP) is 4.63. The first-order chi connectivity index (χ1) is 9.47. The van der Waals surface area contributed by atoms with Gasteiger partial charge in [0.2, 0.25) is 0 Å². The van der Waals surface area contributed by atoms with E-state index < -0.39 is 0 Å². The Bertz CT molecular complexity index is 540. The standard InChI is InChI=1S/C17H24N2S/c1-11(2)13-5-7-14(8-6-13)15(18)9-17-19-16(10-20-17)12(3)4/h5-8,10-12,15H,9,18H2,1-4H3. The summed E-state index contributed by atoms with van der Waals surface area (Å²) in [5.74, 6) is 1.05. The smallest absolute Gasteiger partial charge is 0.0947 e. The lowest BCUT2D eigenvalue weighted by Gasteiger charge is -2.12. The molecule has 0 radical (unpaired) electrons. The van der Waals surface area contributed by atoms with Crippen molar-refractivity contribution in [2.45, 2.75) is 52.0 Å². The number of nitrogens with zero attached hydrogens (tertiary/aromatic N) is 1. The van der Waals surface area contributed by atoms with Crippen molar-refractivity contribution in [3.05, 3.63) is 51.5 Å². The lowest BCUT2D eigenvalue weighted by molar-refractivity contribution is 0.709. The number of nitrogens with two attached hydrogens (primary N) is 1. The van der Waals surface area contributed by atoms with Gasteiger partial charge in [-0.2, -0.15) is 0 Å². The van der Waals surface area contributed by atoms with E-state index in [-0.39, 0.29) is 6.04 Å². The molecular weight excluding hydrogens is 264 g/mol.